The fourth-order valence-electron chi connectivity index (χ4n) is 2.45. The van der Waals surface area contributed by atoms with Gasteiger partial charge in [0.1, 0.15) is 17.2 Å². The van der Waals surface area contributed by atoms with E-state index in [0.717, 1.165) is 39.6 Å². The standard InChI is InChI=1S/C16H15FN4O2S/c17-12-4-1-10(2-5-12)11-3-6-13-14(7-11)24-16(19-13)8-15(23)20-21-18-9-22/h1-2,4-5,7,22H,3,6,8-9H2,(H,18,20,23)/p+1. The topological polar surface area (TPSA) is 93.1 Å². The van der Waals surface area contributed by atoms with Gasteiger partial charge in [-0.3, -0.25) is 0 Å². The first-order chi connectivity index (χ1) is 11.7. The summed E-state index contributed by atoms with van der Waals surface area (Å²) in [5.74, 6) is -0.197. The molecule has 0 atom stereocenters. The molecule has 0 aliphatic heterocycles. The molecule has 2 aromatic rings. The maximum atomic E-state index is 13.0. The number of hydrogen-bond donors (Lipinski definition) is 1. The average molecular weight is 347 g/mol. The van der Waals surface area contributed by atoms with Gasteiger partial charge in [0.15, 0.2) is 6.73 Å². The van der Waals surface area contributed by atoms with E-state index >= 15 is 0 Å². The number of thiazole rings is 1. The molecule has 3 rings (SSSR count). The largest absolute Gasteiger partial charge is 0.581 e. The lowest BCUT2D eigenvalue weighted by Gasteiger charge is -2.12. The second-order valence-electron chi connectivity index (χ2n) is 5.19. The van der Waals surface area contributed by atoms with Gasteiger partial charge in [-0.05, 0) is 52.5 Å². The van der Waals surface area contributed by atoms with Crippen LogP contribution < -0.4 is 0 Å². The van der Waals surface area contributed by atoms with E-state index in [2.05, 4.69) is 26.5 Å². The van der Waals surface area contributed by atoms with Crippen LogP contribution in [0.5, 0.6) is 0 Å². The molecule has 1 aromatic carbocycles. The molecular weight excluding hydrogens is 331 g/mol. The second kappa shape index (κ2) is 7.41. The number of aliphatic hydroxyl groups excluding tert-OH is 1. The molecule has 0 saturated heterocycles. The molecule has 1 aliphatic carbocycles. The number of aliphatic hydroxyl groups is 1. The quantitative estimate of drug-likeness (QED) is 0.296. The third-order valence-corrected chi connectivity index (χ3v) is 4.58. The van der Waals surface area contributed by atoms with Crippen LogP contribution in [-0.4, -0.2) is 27.8 Å². The Morgan fingerprint density at radius 3 is 2.83 bits per heavy atom. The number of aryl methyl sites for hydroxylation is 1. The minimum Gasteiger partial charge on any atom is -0.581 e. The lowest BCUT2D eigenvalue weighted by Crippen LogP contribution is -2.01. The highest BCUT2D eigenvalue weighted by Crippen LogP contribution is 2.33. The summed E-state index contributed by atoms with van der Waals surface area (Å²) in [5, 5.41) is 27.2. The summed E-state index contributed by atoms with van der Waals surface area (Å²) in [6, 6.07) is 6.50. The molecule has 3 N–H and O–H groups in total. The van der Waals surface area contributed by atoms with E-state index in [9.17, 15) is 4.39 Å². The van der Waals surface area contributed by atoms with Crippen LogP contribution in [0.1, 0.15) is 27.6 Å². The molecule has 124 valence electrons. The summed E-state index contributed by atoms with van der Waals surface area (Å²) in [6.07, 6.45) is 4.04. The first-order valence-electron chi connectivity index (χ1n) is 7.36. The number of nitrogens with zero attached hydrogens (tertiary/aromatic N) is 4. The van der Waals surface area contributed by atoms with Crippen molar-refractivity contribution in [3.63, 3.8) is 0 Å². The Morgan fingerprint density at radius 2 is 2.08 bits per heavy atom. The van der Waals surface area contributed by atoms with E-state index in [1.807, 2.05) is 0 Å². The lowest BCUT2D eigenvalue weighted by molar-refractivity contribution is 0.299. The fourth-order valence-corrected chi connectivity index (χ4v) is 3.53. The summed E-state index contributed by atoms with van der Waals surface area (Å²) in [7, 11) is 0. The predicted octanol–water partition coefficient (Wildman–Crippen LogP) is 2.75. The van der Waals surface area contributed by atoms with Crippen LogP contribution in [0, 0.1) is 5.82 Å². The molecule has 0 spiro atoms. The zero-order valence-electron chi connectivity index (χ0n) is 12.7. The van der Waals surface area contributed by atoms with Gasteiger partial charge in [-0.15, -0.1) is 16.5 Å². The van der Waals surface area contributed by atoms with Crippen molar-refractivity contribution in [2.24, 2.45) is 15.4 Å². The Balaban J connectivity index is 1.78. The smallest absolute Gasteiger partial charge is 0.358 e. The molecule has 0 amide bonds. The average Bonchev–Trinajstić information content (AvgIpc) is 2.97. The van der Waals surface area contributed by atoms with Gasteiger partial charge in [0.25, 0.3) is 0 Å². The van der Waals surface area contributed by atoms with Gasteiger partial charge >= 0.3 is 5.90 Å². The van der Waals surface area contributed by atoms with E-state index in [4.69, 9.17) is 10.2 Å². The number of hydrogen-bond acceptors (Lipinski definition) is 5. The highest BCUT2D eigenvalue weighted by atomic mass is 32.1. The van der Waals surface area contributed by atoms with E-state index in [0.29, 0.717) is 0 Å². The van der Waals surface area contributed by atoms with Gasteiger partial charge in [0, 0.05) is 0 Å². The summed E-state index contributed by atoms with van der Waals surface area (Å²) in [6.45, 7) is -0.445. The number of aromatic nitrogens is 1. The SMILES string of the molecule is OCN=N/N=C(\[OH2+])Cc1nc2c(s1)C=C(c1ccc(F)cc1)CC2. The first-order valence-corrected chi connectivity index (χ1v) is 8.18. The van der Waals surface area contributed by atoms with Crippen LogP contribution in [0.15, 0.2) is 39.7 Å². The third-order valence-electron chi connectivity index (χ3n) is 3.53. The molecule has 0 fully saturated rings. The van der Waals surface area contributed by atoms with Crippen molar-refractivity contribution in [1.82, 2.24) is 4.98 Å². The van der Waals surface area contributed by atoms with Crippen molar-refractivity contribution in [2.45, 2.75) is 19.3 Å². The number of halogens is 1. The van der Waals surface area contributed by atoms with Crippen molar-refractivity contribution in [3.8, 4) is 0 Å². The van der Waals surface area contributed by atoms with Crippen LogP contribution in [-0.2, 0) is 12.8 Å². The molecule has 1 heterocycles. The van der Waals surface area contributed by atoms with E-state index in [1.54, 1.807) is 12.1 Å². The first kappa shape index (κ1) is 16.4. The molecule has 0 unspecified atom stereocenters. The Bertz CT molecular complexity index is 812. The maximum Gasteiger partial charge on any atom is 0.358 e. The van der Waals surface area contributed by atoms with Crippen molar-refractivity contribution >= 4 is 28.9 Å². The highest BCUT2D eigenvalue weighted by molar-refractivity contribution is 7.12. The van der Waals surface area contributed by atoms with E-state index < -0.39 is 6.73 Å². The summed E-state index contributed by atoms with van der Waals surface area (Å²) < 4.78 is 13.0. The zero-order chi connectivity index (χ0) is 16.9. The van der Waals surface area contributed by atoms with Gasteiger partial charge in [0.05, 0.1) is 10.6 Å². The molecule has 1 aliphatic rings. The Labute approximate surface area is 141 Å². The van der Waals surface area contributed by atoms with Gasteiger partial charge in [0.2, 0.25) is 0 Å². The molecule has 1 aromatic heterocycles. The molecule has 0 radical (unpaired) electrons. The molecule has 0 saturated carbocycles. The van der Waals surface area contributed by atoms with Crippen LogP contribution >= 0.6 is 11.3 Å². The molecular formula is C16H16FN4O2S+. The van der Waals surface area contributed by atoms with Crippen LogP contribution in [0.4, 0.5) is 4.39 Å². The predicted molar refractivity (Wildman–Crippen MR) is 91.4 cm³/mol. The molecule has 0 bridgehead atoms. The number of rotatable bonds is 5. The van der Waals surface area contributed by atoms with Gasteiger partial charge in [-0.25, -0.2) is 9.37 Å². The van der Waals surface area contributed by atoms with Crippen LogP contribution in [0.3, 0.4) is 0 Å². The Kier molecular flexibility index (Phi) is 5.07. The minimum atomic E-state index is -0.445. The summed E-state index contributed by atoms with van der Waals surface area (Å²) in [4.78, 5) is 5.62. The second-order valence-corrected chi connectivity index (χ2v) is 6.31. The minimum absolute atomic E-state index is 0.0426. The highest BCUT2D eigenvalue weighted by Gasteiger charge is 2.18. The van der Waals surface area contributed by atoms with Crippen LogP contribution in [0.2, 0.25) is 0 Å². The summed E-state index contributed by atoms with van der Waals surface area (Å²) >= 11 is 1.52. The van der Waals surface area contributed by atoms with E-state index in [1.165, 1.54) is 23.5 Å². The van der Waals surface area contributed by atoms with Gasteiger partial charge < -0.3 is 10.2 Å². The lowest BCUT2D eigenvalue weighted by atomic mass is 9.95. The number of benzene rings is 1. The number of fused-ring (bicyclic) bond motifs is 1. The van der Waals surface area contributed by atoms with Crippen molar-refractivity contribution in [1.29, 1.82) is 0 Å². The Hall–Kier alpha value is -2.45. The molecule has 24 heavy (non-hydrogen) atoms. The number of allylic oxidation sites excluding steroid dienone is 1. The van der Waals surface area contributed by atoms with Crippen molar-refractivity contribution in [3.05, 3.63) is 51.2 Å². The Morgan fingerprint density at radius 1 is 1.29 bits per heavy atom. The van der Waals surface area contributed by atoms with Gasteiger partial charge in [-0.2, -0.15) is 0 Å². The monoisotopic (exact) mass is 347 g/mol. The van der Waals surface area contributed by atoms with Crippen molar-refractivity contribution in [2.75, 3.05) is 6.73 Å². The zero-order valence-corrected chi connectivity index (χ0v) is 13.6. The molecule has 6 nitrogen and oxygen atoms in total. The van der Waals surface area contributed by atoms with Gasteiger partial charge in [-0.1, -0.05) is 12.1 Å². The third kappa shape index (κ3) is 3.90. The van der Waals surface area contributed by atoms with Crippen molar-refractivity contribution < 1.29 is 14.6 Å². The summed E-state index contributed by atoms with van der Waals surface area (Å²) in [5.41, 5.74) is 3.20. The molecule has 8 heteroatoms. The van der Waals surface area contributed by atoms with E-state index in [-0.39, 0.29) is 18.1 Å². The fraction of sp³-hybridized carbons (Fsp3) is 0.250. The maximum absolute atomic E-state index is 13.0. The van der Waals surface area contributed by atoms with Crippen LogP contribution in [0.25, 0.3) is 11.6 Å². The normalized spacial score (nSPS) is 14.8.